The Morgan fingerprint density at radius 1 is 1.24 bits per heavy atom. The number of para-hydroxylation sites is 1. The van der Waals surface area contributed by atoms with Crippen molar-refractivity contribution in [1.29, 1.82) is 0 Å². The fraction of sp³-hybridized carbons (Fsp3) is 0.158. The molecule has 0 bridgehead atoms. The molecule has 0 N–H and O–H groups in total. The number of hydrogen-bond donors (Lipinski definition) is 0. The standard InChI is InChI=1S/C19H16ClN3O2/c1-12(2)24-17-8-7-14(11-15(17)20)18-21-19(22-25-18)23-10-9-13-5-3-4-6-16(13)23/h3-12H,1-2H3/i3D. The number of ether oxygens (including phenoxy) is 1. The summed E-state index contributed by atoms with van der Waals surface area (Å²) in [4.78, 5) is 4.47. The Hall–Kier alpha value is -2.79. The number of hydrogen-bond acceptors (Lipinski definition) is 4. The van der Waals surface area contributed by atoms with Crippen molar-refractivity contribution in [2.45, 2.75) is 20.0 Å². The monoisotopic (exact) mass is 354 g/mol. The minimum absolute atomic E-state index is 0.0413. The van der Waals surface area contributed by atoms with E-state index in [2.05, 4.69) is 10.1 Å². The van der Waals surface area contributed by atoms with Crippen LogP contribution in [0.1, 0.15) is 15.2 Å². The van der Waals surface area contributed by atoms with E-state index in [0.717, 1.165) is 16.5 Å². The number of nitrogens with zero attached hydrogens (tertiary/aromatic N) is 3. The Balaban J connectivity index is 1.68. The zero-order valence-corrected chi connectivity index (χ0v) is 14.5. The molecule has 4 aromatic rings. The summed E-state index contributed by atoms with van der Waals surface area (Å²) >= 11 is 6.28. The van der Waals surface area contributed by atoms with Crippen molar-refractivity contribution in [3.63, 3.8) is 0 Å². The van der Waals surface area contributed by atoms with E-state index in [-0.39, 0.29) is 6.10 Å². The van der Waals surface area contributed by atoms with Crippen molar-refractivity contribution in [3.05, 3.63) is 59.7 Å². The van der Waals surface area contributed by atoms with E-state index in [1.807, 2.05) is 42.8 Å². The van der Waals surface area contributed by atoms with Crippen LogP contribution in [0.4, 0.5) is 0 Å². The lowest BCUT2D eigenvalue weighted by molar-refractivity contribution is 0.242. The maximum atomic E-state index is 7.71. The second kappa shape index (κ2) is 6.26. The molecule has 0 spiro atoms. The highest BCUT2D eigenvalue weighted by Crippen LogP contribution is 2.31. The predicted molar refractivity (Wildman–Crippen MR) is 97.3 cm³/mol. The van der Waals surface area contributed by atoms with Crippen molar-refractivity contribution in [2.75, 3.05) is 0 Å². The molecule has 0 atom stereocenters. The fourth-order valence-electron chi connectivity index (χ4n) is 2.61. The van der Waals surface area contributed by atoms with Gasteiger partial charge >= 0.3 is 0 Å². The van der Waals surface area contributed by atoms with Gasteiger partial charge in [-0.1, -0.05) is 29.8 Å². The first-order chi connectivity index (χ1) is 12.5. The molecule has 0 aliphatic carbocycles. The Kier molecular flexibility index (Phi) is 3.64. The summed E-state index contributed by atoms with van der Waals surface area (Å²) in [5.41, 5.74) is 1.63. The zero-order chi connectivity index (χ0) is 18.3. The van der Waals surface area contributed by atoms with Gasteiger partial charge in [-0.25, -0.2) is 0 Å². The van der Waals surface area contributed by atoms with Gasteiger partial charge in [0.15, 0.2) is 0 Å². The molecule has 2 heterocycles. The van der Waals surface area contributed by atoms with Crippen LogP contribution in [-0.2, 0) is 0 Å². The number of rotatable bonds is 4. The van der Waals surface area contributed by atoms with E-state index in [1.165, 1.54) is 0 Å². The van der Waals surface area contributed by atoms with Gasteiger partial charge in [-0.2, -0.15) is 4.98 Å². The van der Waals surface area contributed by atoms with Crippen LogP contribution in [0.15, 0.2) is 59.2 Å². The van der Waals surface area contributed by atoms with E-state index in [1.54, 1.807) is 24.3 Å². The Labute approximate surface area is 151 Å². The molecule has 2 aromatic carbocycles. The molecule has 0 aliphatic heterocycles. The van der Waals surface area contributed by atoms with Crippen molar-refractivity contribution in [1.82, 2.24) is 14.7 Å². The molecule has 0 amide bonds. The topological polar surface area (TPSA) is 53.1 Å². The van der Waals surface area contributed by atoms with Crippen molar-refractivity contribution in [3.8, 4) is 23.2 Å². The van der Waals surface area contributed by atoms with Crippen LogP contribution < -0.4 is 4.74 Å². The van der Waals surface area contributed by atoms with Gasteiger partial charge < -0.3 is 9.26 Å². The van der Waals surface area contributed by atoms with Crippen molar-refractivity contribution >= 4 is 22.5 Å². The second-order valence-corrected chi connectivity index (χ2v) is 6.29. The summed E-state index contributed by atoms with van der Waals surface area (Å²) in [6.07, 6.45) is 1.89. The Bertz CT molecular complexity index is 1090. The largest absolute Gasteiger partial charge is 0.489 e. The molecule has 0 aliphatic rings. The lowest BCUT2D eigenvalue weighted by atomic mass is 10.2. The molecule has 25 heavy (non-hydrogen) atoms. The molecule has 5 nitrogen and oxygen atoms in total. The third-order valence-electron chi connectivity index (χ3n) is 3.71. The molecule has 6 heteroatoms. The average molecular weight is 355 g/mol. The summed E-state index contributed by atoms with van der Waals surface area (Å²) in [6.45, 7) is 3.89. The smallest absolute Gasteiger partial charge is 0.275 e. The molecular formula is C19H16ClN3O2. The Morgan fingerprint density at radius 3 is 2.92 bits per heavy atom. The highest BCUT2D eigenvalue weighted by Gasteiger charge is 2.14. The second-order valence-electron chi connectivity index (χ2n) is 5.88. The van der Waals surface area contributed by atoms with Gasteiger partial charge in [0.2, 0.25) is 0 Å². The summed E-state index contributed by atoms with van der Waals surface area (Å²) in [7, 11) is 0. The highest BCUT2D eigenvalue weighted by atomic mass is 35.5. The lowest BCUT2D eigenvalue weighted by Gasteiger charge is -2.11. The molecule has 0 saturated carbocycles. The molecule has 0 radical (unpaired) electrons. The van der Waals surface area contributed by atoms with Gasteiger partial charge in [-0.3, -0.25) is 4.57 Å². The molecule has 126 valence electrons. The Morgan fingerprint density at radius 2 is 2.12 bits per heavy atom. The van der Waals surface area contributed by atoms with E-state index >= 15 is 0 Å². The van der Waals surface area contributed by atoms with Gasteiger partial charge in [0.25, 0.3) is 11.8 Å². The van der Waals surface area contributed by atoms with Gasteiger partial charge in [0.1, 0.15) is 5.75 Å². The summed E-state index contributed by atoms with van der Waals surface area (Å²) in [5, 5.41) is 5.50. The van der Waals surface area contributed by atoms with Gasteiger partial charge in [-0.05, 0) is 49.3 Å². The van der Waals surface area contributed by atoms with Gasteiger partial charge in [-0.15, -0.1) is 0 Å². The van der Waals surface area contributed by atoms with E-state index in [0.29, 0.717) is 28.7 Å². The average Bonchev–Trinajstić information content (AvgIpc) is 3.22. The first-order valence-corrected chi connectivity index (χ1v) is 8.27. The molecule has 2 aromatic heterocycles. The number of fused-ring (bicyclic) bond motifs is 1. The van der Waals surface area contributed by atoms with Crippen LogP contribution in [0, 0.1) is 0 Å². The molecule has 0 unspecified atom stereocenters. The fourth-order valence-corrected chi connectivity index (χ4v) is 2.84. The van der Waals surface area contributed by atoms with Gasteiger partial charge in [0, 0.05) is 17.1 Å². The van der Waals surface area contributed by atoms with Crippen LogP contribution in [0.25, 0.3) is 28.3 Å². The highest BCUT2D eigenvalue weighted by molar-refractivity contribution is 6.32. The summed E-state index contributed by atoms with van der Waals surface area (Å²) < 4.78 is 20.6. The number of benzene rings is 2. The minimum Gasteiger partial charge on any atom is -0.489 e. The maximum absolute atomic E-state index is 7.71. The third-order valence-corrected chi connectivity index (χ3v) is 4.00. The molecule has 4 rings (SSSR count). The normalized spacial score (nSPS) is 11.9. The predicted octanol–water partition coefficient (Wildman–Crippen LogP) is 5.12. The first kappa shape index (κ1) is 14.5. The SMILES string of the molecule is [2H]c1ccc2c(ccn2-c2noc(-c3ccc(OC(C)C)c(Cl)c3)n2)c1. The van der Waals surface area contributed by atoms with Gasteiger partial charge in [0.05, 0.1) is 18.0 Å². The number of halogens is 1. The van der Waals surface area contributed by atoms with E-state index in [9.17, 15) is 0 Å². The number of aromatic nitrogens is 3. The van der Waals surface area contributed by atoms with Crippen LogP contribution in [0.2, 0.25) is 5.02 Å². The lowest BCUT2D eigenvalue weighted by Crippen LogP contribution is -2.05. The minimum atomic E-state index is 0.0413. The van der Waals surface area contributed by atoms with E-state index in [4.69, 9.17) is 22.2 Å². The van der Waals surface area contributed by atoms with Crippen LogP contribution in [0.5, 0.6) is 5.75 Å². The molecular weight excluding hydrogens is 338 g/mol. The zero-order valence-electron chi connectivity index (χ0n) is 14.7. The third kappa shape index (κ3) is 2.98. The maximum Gasteiger partial charge on any atom is 0.275 e. The van der Waals surface area contributed by atoms with Crippen LogP contribution in [-0.4, -0.2) is 20.8 Å². The summed E-state index contributed by atoms with van der Waals surface area (Å²) in [5.74, 6) is 1.41. The first-order valence-electron chi connectivity index (χ1n) is 8.39. The molecule has 0 saturated heterocycles. The molecule has 0 fully saturated rings. The van der Waals surface area contributed by atoms with Crippen LogP contribution >= 0.6 is 11.6 Å². The van der Waals surface area contributed by atoms with Crippen molar-refractivity contribution in [2.24, 2.45) is 0 Å². The quantitative estimate of drug-likeness (QED) is 0.510. The van der Waals surface area contributed by atoms with Crippen molar-refractivity contribution < 1.29 is 10.6 Å². The van der Waals surface area contributed by atoms with Crippen LogP contribution in [0.3, 0.4) is 0 Å². The summed E-state index contributed by atoms with van der Waals surface area (Å²) in [6, 6.07) is 13.1. The van der Waals surface area contributed by atoms with E-state index < -0.39 is 0 Å².